The van der Waals surface area contributed by atoms with Crippen LogP contribution in [0.4, 0.5) is 0 Å². The molecule has 1 nitrogen and oxygen atoms in total. The molecule has 1 saturated carbocycles. The van der Waals surface area contributed by atoms with Gasteiger partial charge in [0.25, 0.3) is 0 Å². The van der Waals surface area contributed by atoms with Gasteiger partial charge in [-0.2, -0.15) is 0 Å². The largest absolute Gasteiger partial charge is 0.311 e. The van der Waals surface area contributed by atoms with Crippen molar-refractivity contribution < 1.29 is 0 Å². The van der Waals surface area contributed by atoms with Gasteiger partial charge >= 0.3 is 0 Å². The lowest BCUT2D eigenvalue weighted by Gasteiger charge is -2.53. The van der Waals surface area contributed by atoms with Crippen molar-refractivity contribution in [2.45, 2.75) is 51.0 Å². The van der Waals surface area contributed by atoms with Gasteiger partial charge in [0.1, 0.15) is 0 Å². The Bertz CT molecular complexity index is 134. The van der Waals surface area contributed by atoms with Gasteiger partial charge in [0.05, 0.1) is 0 Å². The van der Waals surface area contributed by atoms with Crippen LogP contribution in [0.25, 0.3) is 0 Å². The van der Waals surface area contributed by atoms with Gasteiger partial charge < -0.3 is 5.32 Å². The molecule has 0 bridgehead atoms. The second-order valence-electron chi connectivity index (χ2n) is 4.20. The molecule has 2 aliphatic rings. The average Bonchev–Trinajstić information content (AvgIpc) is 2.05. The highest BCUT2D eigenvalue weighted by atomic mass is 15.1. The molecule has 0 radical (unpaired) electrons. The molecule has 0 unspecified atom stereocenters. The van der Waals surface area contributed by atoms with Crippen LogP contribution in [0.2, 0.25) is 0 Å². The lowest BCUT2D eigenvalue weighted by molar-refractivity contribution is 0.0544. The normalized spacial score (nSPS) is 35.2. The molecule has 1 saturated heterocycles. The summed E-state index contributed by atoms with van der Waals surface area (Å²) in [5, 5.41) is 3.66. The third kappa shape index (κ3) is 1.10. The maximum atomic E-state index is 3.66. The summed E-state index contributed by atoms with van der Waals surface area (Å²) >= 11 is 0. The second kappa shape index (κ2) is 2.78. The molecule has 1 aliphatic carbocycles. The van der Waals surface area contributed by atoms with E-state index in [4.69, 9.17) is 0 Å². The highest BCUT2D eigenvalue weighted by Gasteiger charge is 2.44. The van der Waals surface area contributed by atoms with Crippen LogP contribution in [0.3, 0.4) is 0 Å². The first-order chi connectivity index (χ1) is 5.37. The Morgan fingerprint density at radius 1 is 1.27 bits per heavy atom. The Hall–Kier alpha value is -0.0400. The monoisotopic (exact) mass is 153 g/mol. The molecule has 1 N–H and O–H groups in total. The molecular formula is C10H19N. The number of rotatable bonds is 1. The van der Waals surface area contributed by atoms with E-state index >= 15 is 0 Å². The minimum Gasteiger partial charge on any atom is -0.311 e. The van der Waals surface area contributed by atoms with E-state index in [0.29, 0.717) is 5.54 Å². The third-order valence-electron chi connectivity index (χ3n) is 3.72. The Morgan fingerprint density at radius 3 is 2.45 bits per heavy atom. The van der Waals surface area contributed by atoms with Crippen LogP contribution in [0.1, 0.15) is 45.4 Å². The average molecular weight is 153 g/mol. The zero-order valence-electron chi connectivity index (χ0n) is 7.53. The zero-order chi connectivity index (χ0) is 7.73. The second-order valence-corrected chi connectivity index (χ2v) is 4.20. The molecule has 1 aliphatic heterocycles. The highest BCUT2D eigenvalue weighted by molar-refractivity contribution is 5.04. The Balaban J connectivity index is 1.97. The van der Waals surface area contributed by atoms with Crippen LogP contribution in [0, 0.1) is 5.92 Å². The molecule has 0 aromatic heterocycles. The van der Waals surface area contributed by atoms with E-state index in [-0.39, 0.29) is 0 Å². The van der Waals surface area contributed by atoms with Gasteiger partial charge in [0, 0.05) is 12.1 Å². The summed E-state index contributed by atoms with van der Waals surface area (Å²) in [5.74, 6) is 1.00. The molecule has 1 heteroatoms. The minimum absolute atomic E-state index is 0.618. The predicted octanol–water partition coefficient (Wildman–Crippen LogP) is 2.32. The molecule has 0 aromatic carbocycles. The lowest BCUT2D eigenvalue weighted by Crippen LogP contribution is -2.65. The van der Waals surface area contributed by atoms with Crippen LogP contribution >= 0.6 is 0 Å². The first kappa shape index (κ1) is 7.60. The van der Waals surface area contributed by atoms with Crippen LogP contribution in [-0.4, -0.2) is 12.1 Å². The number of hydrogen-bond acceptors (Lipinski definition) is 1. The van der Waals surface area contributed by atoms with Crippen LogP contribution in [-0.2, 0) is 0 Å². The Labute approximate surface area is 69.6 Å². The maximum Gasteiger partial charge on any atom is 0.0221 e. The molecule has 1 spiro atoms. The summed E-state index contributed by atoms with van der Waals surface area (Å²) in [5.41, 5.74) is 0.618. The molecule has 2 rings (SSSR count). The molecule has 0 aromatic rings. The maximum absolute atomic E-state index is 3.66. The molecule has 11 heavy (non-hydrogen) atoms. The van der Waals surface area contributed by atoms with Gasteiger partial charge in [0.2, 0.25) is 0 Å². The van der Waals surface area contributed by atoms with Crippen molar-refractivity contribution in [3.05, 3.63) is 0 Å². The zero-order valence-corrected chi connectivity index (χ0v) is 7.53. The lowest BCUT2D eigenvalue weighted by atomic mass is 9.66. The van der Waals surface area contributed by atoms with Gasteiger partial charge in [-0.3, -0.25) is 0 Å². The summed E-state index contributed by atoms with van der Waals surface area (Å²) < 4.78 is 0. The minimum atomic E-state index is 0.618. The smallest absolute Gasteiger partial charge is 0.0221 e. The van der Waals surface area contributed by atoms with Crippen LogP contribution < -0.4 is 5.32 Å². The first-order valence-electron chi connectivity index (χ1n) is 5.12. The van der Waals surface area contributed by atoms with Crippen molar-refractivity contribution in [2.75, 3.05) is 6.54 Å². The van der Waals surface area contributed by atoms with E-state index in [2.05, 4.69) is 12.2 Å². The fourth-order valence-corrected chi connectivity index (χ4v) is 2.84. The highest BCUT2D eigenvalue weighted by Crippen LogP contribution is 2.41. The molecule has 1 heterocycles. The van der Waals surface area contributed by atoms with E-state index in [1.165, 1.54) is 45.1 Å². The fourth-order valence-electron chi connectivity index (χ4n) is 2.84. The number of hydrogen-bond donors (Lipinski definition) is 1. The summed E-state index contributed by atoms with van der Waals surface area (Å²) in [6.07, 6.45) is 8.68. The topological polar surface area (TPSA) is 12.0 Å². The third-order valence-corrected chi connectivity index (χ3v) is 3.72. The molecule has 2 fully saturated rings. The van der Waals surface area contributed by atoms with E-state index in [0.717, 1.165) is 5.92 Å². The van der Waals surface area contributed by atoms with Crippen LogP contribution in [0.5, 0.6) is 0 Å². The van der Waals surface area contributed by atoms with Gasteiger partial charge in [0.15, 0.2) is 0 Å². The summed E-state index contributed by atoms with van der Waals surface area (Å²) in [4.78, 5) is 0. The molecule has 1 atom stereocenters. The van der Waals surface area contributed by atoms with Crippen molar-refractivity contribution >= 4 is 0 Å². The Morgan fingerprint density at radius 2 is 2.00 bits per heavy atom. The van der Waals surface area contributed by atoms with E-state index in [1.54, 1.807) is 0 Å². The van der Waals surface area contributed by atoms with Crippen molar-refractivity contribution in [2.24, 2.45) is 5.92 Å². The molecule has 0 amide bonds. The fraction of sp³-hybridized carbons (Fsp3) is 1.00. The van der Waals surface area contributed by atoms with Crippen molar-refractivity contribution in [3.8, 4) is 0 Å². The summed E-state index contributed by atoms with van der Waals surface area (Å²) in [6.45, 7) is 3.62. The van der Waals surface area contributed by atoms with Gasteiger partial charge in [-0.1, -0.05) is 32.6 Å². The SMILES string of the molecule is CC[C@H]1CNC12CCCCC2. The van der Waals surface area contributed by atoms with Crippen molar-refractivity contribution in [3.63, 3.8) is 0 Å². The van der Waals surface area contributed by atoms with E-state index < -0.39 is 0 Å². The Kier molecular flexibility index (Phi) is 1.92. The van der Waals surface area contributed by atoms with Crippen LogP contribution in [0.15, 0.2) is 0 Å². The molecular weight excluding hydrogens is 134 g/mol. The number of nitrogens with one attached hydrogen (secondary N) is 1. The van der Waals surface area contributed by atoms with E-state index in [1.807, 2.05) is 0 Å². The van der Waals surface area contributed by atoms with Gasteiger partial charge in [-0.05, 0) is 18.8 Å². The summed E-state index contributed by atoms with van der Waals surface area (Å²) in [6, 6.07) is 0. The molecule has 64 valence electrons. The summed E-state index contributed by atoms with van der Waals surface area (Å²) in [7, 11) is 0. The van der Waals surface area contributed by atoms with Gasteiger partial charge in [-0.25, -0.2) is 0 Å². The predicted molar refractivity (Wildman–Crippen MR) is 47.6 cm³/mol. The van der Waals surface area contributed by atoms with Gasteiger partial charge in [-0.15, -0.1) is 0 Å². The van der Waals surface area contributed by atoms with Crippen molar-refractivity contribution in [1.29, 1.82) is 0 Å². The quantitative estimate of drug-likeness (QED) is 0.609. The van der Waals surface area contributed by atoms with Crippen molar-refractivity contribution in [1.82, 2.24) is 5.32 Å². The van der Waals surface area contributed by atoms with E-state index in [9.17, 15) is 0 Å². The standard InChI is InChI=1S/C10H19N/c1-2-9-8-11-10(9)6-4-3-5-7-10/h9,11H,2-8H2,1H3/t9-/m0/s1. The first-order valence-corrected chi connectivity index (χ1v) is 5.12.